The number of aryl methyl sites for hydroxylation is 1. The Morgan fingerprint density at radius 1 is 1.50 bits per heavy atom. The van der Waals surface area contributed by atoms with E-state index in [-0.39, 0.29) is 11.0 Å². The maximum absolute atomic E-state index is 12.6. The molecule has 0 radical (unpaired) electrons. The number of thiazole rings is 1. The summed E-state index contributed by atoms with van der Waals surface area (Å²) in [4.78, 5) is 15.6. The number of alkyl halides is 3. The highest BCUT2D eigenvalue weighted by atomic mass is 32.1. The Morgan fingerprint density at radius 3 is 3.00 bits per heavy atom. The highest BCUT2D eigenvalue weighted by molar-refractivity contribution is 7.09. The Kier molecular flexibility index (Phi) is 4.48. The van der Waals surface area contributed by atoms with E-state index in [0.29, 0.717) is 6.42 Å². The van der Waals surface area contributed by atoms with Crippen molar-refractivity contribution < 1.29 is 18.0 Å². The molecule has 0 aromatic carbocycles. The SMILES string of the molecule is CC(NC(=O)NC1CCc2cn[nH]c2C1)c1nc(C(F)(F)F)cs1. The van der Waals surface area contributed by atoms with Crippen molar-refractivity contribution in [3.05, 3.63) is 33.5 Å². The standard InChI is InChI=1S/C14H16F3N5OS/c1-7(12-21-11(6-24-12)14(15,16)17)19-13(23)20-9-3-2-8-5-18-22-10(8)4-9/h5-7,9H,2-4H2,1H3,(H,18,22)(H2,19,20,23). The van der Waals surface area contributed by atoms with Crippen molar-refractivity contribution in [2.75, 3.05) is 0 Å². The van der Waals surface area contributed by atoms with Gasteiger partial charge in [-0.05, 0) is 25.3 Å². The smallest absolute Gasteiger partial charge is 0.335 e. The van der Waals surface area contributed by atoms with Crippen LogP contribution in [0.5, 0.6) is 0 Å². The molecule has 0 bridgehead atoms. The average Bonchev–Trinajstić information content (AvgIpc) is 3.15. The summed E-state index contributed by atoms with van der Waals surface area (Å²) in [5.41, 5.74) is 1.23. The third kappa shape index (κ3) is 3.69. The number of rotatable bonds is 3. The zero-order valence-electron chi connectivity index (χ0n) is 12.8. The van der Waals surface area contributed by atoms with Gasteiger partial charge in [0.25, 0.3) is 0 Å². The number of carbonyl (C=O) groups is 1. The molecule has 2 aromatic rings. The van der Waals surface area contributed by atoms with Gasteiger partial charge in [0, 0.05) is 23.5 Å². The van der Waals surface area contributed by atoms with Crippen molar-refractivity contribution in [3.8, 4) is 0 Å². The van der Waals surface area contributed by atoms with E-state index >= 15 is 0 Å². The van der Waals surface area contributed by atoms with Crippen molar-refractivity contribution in [1.82, 2.24) is 25.8 Å². The van der Waals surface area contributed by atoms with Crippen LogP contribution in [-0.2, 0) is 19.0 Å². The Morgan fingerprint density at radius 2 is 2.29 bits per heavy atom. The zero-order chi connectivity index (χ0) is 17.3. The van der Waals surface area contributed by atoms with Crippen LogP contribution in [0.25, 0.3) is 0 Å². The Hall–Kier alpha value is -2.10. The topological polar surface area (TPSA) is 82.7 Å². The van der Waals surface area contributed by atoms with Crippen LogP contribution >= 0.6 is 11.3 Å². The second-order valence-electron chi connectivity index (χ2n) is 5.72. The minimum atomic E-state index is -4.47. The van der Waals surface area contributed by atoms with Crippen molar-refractivity contribution in [3.63, 3.8) is 0 Å². The van der Waals surface area contributed by atoms with Crippen molar-refractivity contribution >= 4 is 17.4 Å². The summed E-state index contributed by atoms with van der Waals surface area (Å²) in [6.07, 6.45) is -0.404. The number of fused-ring (bicyclic) bond motifs is 1. The predicted molar refractivity (Wildman–Crippen MR) is 81.6 cm³/mol. The predicted octanol–water partition coefficient (Wildman–Crippen LogP) is 2.80. The van der Waals surface area contributed by atoms with Crippen LogP contribution in [0.2, 0.25) is 0 Å². The summed E-state index contributed by atoms with van der Waals surface area (Å²) < 4.78 is 37.7. The van der Waals surface area contributed by atoms with Gasteiger partial charge in [-0.15, -0.1) is 11.3 Å². The van der Waals surface area contributed by atoms with E-state index in [9.17, 15) is 18.0 Å². The van der Waals surface area contributed by atoms with Crippen LogP contribution in [0.15, 0.2) is 11.6 Å². The third-order valence-electron chi connectivity index (χ3n) is 3.89. The number of amides is 2. The lowest BCUT2D eigenvalue weighted by Gasteiger charge is -2.23. The molecule has 3 rings (SSSR count). The van der Waals surface area contributed by atoms with Gasteiger partial charge in [-0.1, -0.05) is 0 Å². The number of nitrogens with zero attached hydrogens (tertiary/aromatic N) is 2. The molecule has 6 nitrogen and oxygen atoms in total. The largest absolute Gasteiger partial charge is 0.434 e. The van der Waals surface area contributed by atoms with Crippen molar-refractivity contribution in [2.24, 2.45) is 0 Å². The number of H-pyrrole nitrogens is 1. The number of aromatic amines is 1. The molecule has 2 amide bonds. The van der Waals surface area contributed by atoms with Crippen LogP contribution in [0.3, 0.4) is 0 Å². The van der Waals surface area contributed by atoms with Gasteiger partial charge in [0.05, 0.1) is 12.2 Å². The normalized spacial score (nSPS) is 18.8. The third-order valence-corrected chi connectivity index (χ3v) is 4.91. The second-order valence-corrected chi connectivity index (χ2v) is 6.61. The Bertz CT molecular complexity index is 726. The number of halogens is 3. The fraction of sp³-hybridized carbons (Fsp3) is 0.500. The molecule has 3 N–H and O–H groups in total. The molecule has 2 heterocycles. The fourth-order valence-corrected chi connectivity index (χ4v) is 3.47. The van der Waals surface area contributed by atoms with Gasteiger partial charge in [0.2, 0.25) is 0 Å². The number of carbonyl (C=O) groups excluding carboxylic acids is 1. The van der Waals surface area contributed by atoms with Crippen molar-refractivity contribution in [1.29, 1.82) is 0 Å². The summed E-state index contributed by atoms with van der Waals surface area (Å²) >= 11 is 0.878. The number of hydrogen-bond acceptors (Lipinski definition) is 4. The molecule has 0 spiro atoms. The molecular formula is C14H16F3N5OS. The van der Waals surface area contributed by atoms with Crippen LogP contribution in [-0.4, -0.2) is 27.3 Å². The van der Waals surface area contributed by atoms with Gasteiger partial charge in [-0.2, -0.15) is 18.3 Å². The molecule has 10 heteroatoms. The molecule has 2 unspecified atom stereocenters. The first-order valence-electron chi connectivity index (χ1n) is 7.43. The van der Waals surface area contributed by atoms with E-state index in [0.717, 1.165) is 40.8 Å². The van der Waals surface area contributed by atoms with Crippen LogP contribution in [0, 0.1) is 0 Å². The minimum absolute atomic E-state index is 0.0350. The molecule has 0 fully saturated rings. The number of nitrogens with one attached hydrogen (secondary N) is 3. The quantitative estimate of drug-likeness (QED) is 0.788. The molecule has 2 atom stereocenters. The first-order valence-corrected chi connectivity index (χ1v) is 8.31. The lowest BCUT2D eigenvalue weighted by molar-refractivity contribution is -0.140. The Labute approximate surface area is 139 Å². The summed E-state index contributed by atoms with van der Waals surface area (Å²) in [6.45, 7) is 1.60. The van der Waals surface area contributed by atoms with E-state index in [1.165, 1.54) is 0 Å². The molecule has 130 valence electrons. The highest BCUT2D eigenvalue weighted by Gasteiger charge is 2.34. The van der Waals surface area contributed by atoms with Gasteiger partial charge in [-0.3, -0.25) is 5.10 Å². The lowest BCUT2D eigenvalue weighted by atomic mass is 9.94. The minimum Gasteiger partial charge on any atom is -0.335 e. The van der Waals surface area contributed by atoms with Crippen LogP contribution in [0.4, 0.5) is 18.0 Å². The summed E-state index contributed by atoms with van der Waals surface area (Å²) in [5, 5.41) is 13.5. The first kappa shape index (κ1) is 16.7. The molecule has 1 aliphatic carbocycles. The lowest BCUT2D eigenvalue weighted by Crippen LogP contribution is -2.45. The molecule has 0 aliphatic heterocycles. The maximum atomic E-state index is 12.6. The zero-order valence-corrected chi connectivity index (χ0v) is 13.6. The Balaban J connectivity index is 1.54. The number of hydrogen-bond donors (Lipinski definition) is 3. The van der Waals surface area contributed by atoms with Crippen LogP contribution in [0.1, 0.15) is 41.3 Å². The van der Waals surface area contributed by atoms with Crippen molar-refractivity contribution in [2.45, 2.75) is 44.4 Å². The van der Waals surface area contributed by atoms with Gasteiger partial charge >= 0.3 is 12.2 Å². The van der Waals surface area contributed by atoms with Gasteiger partial charge in [0.15, 0.2) is 5.69 Å². The highest BCUT2D eigenvalue weighted by Crippen LogP contribution is 2.31. The molecular weight excluding hydrogens is 343 g/mol. The fourth-order valence-electron chi connectivity index (χ4n) is 2.63. The van der Waals surface area contributed by atoms with Gasteiger partial charge < -0.3 is 10.6 Å². The van der Waals surface area contributed by atoms with Gasteiger partial charge in [0.1, 0.15) is 5.01 Å². The first-order chi connectivity index (χ1) is 11.3. The molecule has 24 heavy (non-hydrogen) atoms. The van der Waals surface area contributed by atoms with E-state index in [4.69, 9.17) is 0 Å². The van der Waals surface area contributed by atoms with E-state index in [2.05, 4.69) is 25.8 Å². The van der Waals surface area contributed by atoms with Gasteiger partial charge in [-0.25, -0.2) is 9.78 Å². The van der Waals surface area contributed by atoms with E-state index in [1.54, 1.807) is 13.1 Å². The monoisotopic (exact) mass is 359 g/mol. The molecule has 0 saturated carbocycles. The molecule has 0 saturated heterocycles. The summed E-state index contributed by atoms with van der Waals surface area (Å²) in [5.74, 6) is 0. The maximum Gasteiger partial charge on any atom is 0.434 e. The van der Waals surface area contributed by atoms with E-state index < -0.39 is 23.9 Å². The summed E-state index contributed by atoms with van der Waals surface area (Å²) in [6, 6.07) is -1.05. The summed E-state index contributed by atoms with van der Waals surface area (Å²) in [7, 11) is 0. The van der Waals surface area contributed by atoms with E-state index in [1.807, 2.05) is 0 Å². The number of urea groups is 1. The molecule has 2 aromatic heterocycles. The average molecular weight is 359 g/mol. The molecule has 1 aliphatic rings. The second kappa shape index (κ2) is 6.42. The number of aromatic nitrogens is 3. The van der Waals surface area contributed by atoms with Crippen LogP contribution < -0.4 is 10.6 Å².